The maximum absolute atomic E-state index is 13.4. The molecule has 1 fully saturated rings. The molecule has 2 aromatic carbocycles. The van der Waals surface area contributed by atoms with E-state index < -0.39 is 16.8 Å². The van der Waals surface area contributed by atoms with Crippen LogP contribution in [0.25, 0.3) is 0 Å². The van der Waals surface area contributed by atoms with Gasteiger partial charge in [-0.15, -0.1) is 0 Å². The Hall–Kier alpha value is -3.00. The molecule has 1 heterocycles. The van der Waals surface area contributed by atoms with E-state index in [1.54, 1.807) is 4.90 Å². The van der Waals surface area contributed by atoms with Gasteiger partial charge in [-0.2, -0.15) is 0 Å². The molecule has 1 aliphatic heterocycles. The van der Waals surface area contributed by atoms with E-state index in [1.165, 1.54) is 12.5 Å². The van der Waals surface area contributed by atoms with Gasteiger partial charge in [-0.05, 0) is 18.6 Å². The van der Waals surface area contributed by atoms with Gasteiger partial charge in [0.1, 0.15) is 5.82 Å². The average Bonchev–Trinajstić information content (AvgIpc) is 2.68. The largest absolute Gasteiger partial charge is 0.474 e. The Bertz CT molecular complexity index is 839. The number of carbonyl (C=O) groups is 1. The second-order valence-corrected chi connectivity index (χ2v) is 6.72. The number of benzene rings is 2. The Morgan fingerprint density at radius 3 is 2.50 bits per heavy atom. The minimum atomic E-state index is -0.943. The average molecular weight is 387 g/mol. The van der Waals surface area contributed by atoms with Crippen molar-refractivity contribution in [3.63, 3.8) is 0 Å². The molecule has 1 amide bonds. The number of hydrogen-bond acceptors (Lipinski definition) is 5. The lowest BCUT2D eigenvalue weighted by Crippen LogP contribution is -2.51. The third kappa shape index (κ3) is 4.83. The first kappa shape index (κ1) is 19.8. The molecule has 0 bridgehead atoms. The molecule has 0 saturated carbocycles. The summed E-state index contributed by atoms with van der Waals surface area (Å²) in [7, 11) is 0. The zero-order chi connectivity index (χ0) is 20.1. The van der Waals surface area contributed by atoms with E-state index >= 15 is 0 Å². The van der Waals surface area contributed by atoms with Gasteiger partial charge >= 0.3 is 5.69 Å². The predicted molar refractivity (Wildman–Crippen MR) is 101 cm³/mol. The van der Waals surface area contributed by atoms with Crippen LogP contribution in [0.5, 0.6) is 5.75 Å². The number of rotatable bonds is 6. The fourth-order valence-electron chi connectivity index (χ4n) is 3.20. The number of nitro groups is 1. The lowest BCUT2D eigenvalue weighted by atomic mass is 10.2. The van der Waals surface area contributed by atoms with Gasteiger partial charge in [-0.1, -0.05) is 30.3 Å². The molecule has 3 rings (SSSR count). The Balaban J connectivity index is 1.56. The summed E-state index contributed by atoms with van der Waals surface area (Å²) < 4.78 is 18.9. The molecule has 8 heteroatoms. The lowest BCUT2D eigenvalue weighted by Gasteiger charge is -2.35. The number of nitrogens with zero attached hydrogens (tertiary/aromatic N) is 3. The smallest absolute Gasteiger partial charge is 0.311 e. The SMILES string of the molecule is C[C@@H](Oc1cc(F)ccc1[N+](=O)[O-])C(=O)N1CCN(Cc2ccccc2)CC1. The van der Waals surface area contributed by atoms with E-state index in [9.17, 15) is 19.3 Å². The van der Waals surface area contributed by atoms with Crippen LogP contribution >= 0.6 is 0 Å². The molecule has 0 aliphatic carbocycles. The van der Waals surface area contributed by atoms with Crippen molar-refractivity contribution in [3.05, 3.63) is 70.0 Å². The molecule has 1 saturated heterocycles. The number of carbonyl (C=O) groups excluding carboxylic acids is 1. The highest BCUT2D eigenvalue weighted by atomic mass is 19.1. The number of piperazine rings is 1. The maximum Gasteiger partial charge on any atom is 0.311 e. The summed E-state index contributed by atoms with van der Waals surface area (Å²) in [6.45, 7) is 4.90. The molecule has 7 nitrogen and oxygen atoms in total. The minimum Gasteiger partial charge on any atom is -0.474 e. The normalized spacial score (nSPS) is 15.9. The molecule has 1 aliphatic rings. The number of nitro benzene ring substituents is 1. The Morgan fingerprint density at radius 2 is 1.86 bits per heavy atom. The number of ether oxygens (including phenoxy) is 1. The summed E-state index contributed by atoms with van der Waals surface area (Å²) in [6, 6.07) is 13.1. The van der Waals surface area contributed by atoms with Crippen LogP contribution in [0.2, 0.25) is 0 Å². The van der Waals surface area contributed by atoms with Crippen molar-refractivity contribution in [3.8, 4) is 5.75 Å². The van der Waals surface area contributed by atoms with Crippen molar-refractivity contribution in [1.82, 2.24) is 9.80 Å². The zero-order valence-corrected chi connectivity index (χ0v) is 15.6. The molecule has 0 spiro atoms. The molecule has 0 radical (unpaired) electrons. The van der Waals surface area contributed by atoms with Crippen molar-refractivity contribution in [2.45, 2.75) is 19.6 Å². The van der Waals surface area contributed by atoms with Gasteiger partial charge in [0, 0.05) is 44.9 Å². The van der Waals surface area contributed by atoms with Gasteiger partial charge in [0.05, 0.1) is 4.92 Å². The summed E-state index contributed by atoms with van der Waals surface area (Å²) >= 11 is 0. The molecule has 148 valence electrons. The molecular formula is C20H22FN3O4. The standard InChI is InChI=1S/C20H22FN3O4/c1-15(28-19-13-17(21)7-8-18(19)24(26)27)20(25)23-11-9-22(10-12-23)14-16-5-3-2-4-6-16/h2-8,13,15H,9-12,14H2,1H3/t15-/m1/s1. The molecular weight excluding hydrogens is 365 g/mol. The zero-order valence-electron chi connectivity index (χ0n) is 15.6. The molecule has 1 atom stereocenters. The number of amides is 1. The summed E-state index contributed by atoms with van der Waals surface area (Å²) in [6.07, 6.45) is -0.943. The van der Waals surface area contributed by atoms with Crippen molar-refractivity contribution < 1.29 is 18.8 Å². The molecule has 0 aromatic heterocycles. The summed E-state index contributed by atoms with van der Waals surface area (Å²) in [5.41, 5.74) is 0.853. The second kappa shape index (κ2) is 8.79. The predicted octanol–water partition coefficient (Wildman–Crippen LogP) is 2.85. The lowest BCUT2D eigenvalue weighted by molar-refractivity contribution is -0.386. The van der Waals surface area contributed by atoms with Crippen LogP contribution in [0, 0.1) is 15.9 Å². The van der Waals surface area contributed by atoms with Gasteiger partial charge in [-0.25, -0.2) is 4.39 Å². The van der Waals surface area contributed by atoms with Crippen molar-refractivity contribution in [2.24, 2.45) is 0 Å². The van der Waals surface area contributed by atoms with Gasteiger partial charge in [0.25, 0.3) is 5.91 Å². The Morgan fingerprint density at radius 1 is 1.18 bits per heavy atom. The van der Waals surface area contributed by atoms with E-state index in [0.717, 1.165) is 37.8 Å². The molecule has 0 unspecified atom stereocenters. The topological polar surface area (TPSA) is 75.9 Å². The van der Waals surface area contributed by atoms with Crippen LogP contribution in [0.15, 0.2) is 48.5 Å². The molecule has 28 heavy (non-hydrogen) atoms. The minimum absolute atomic E-state index is 0.242. The third-order valence-electron chi connectivity index (χ3n) is 4.70. The Kier molecular flexibility index (Phi) is 6.20. The second-order valence-electron chi connectivity index (χ2n) is 6.72. The summed E-state index contributed by atoms with van der Waals surface area (Å²) in [5.74, 6) is -1.17. The van der Waals surface area contributed by atoms with Gasteiger partial charge in [0.15, 0.2) is 6.10 Å². The monoisotopic (exact) mass is 387 g/mol. The van der Waals surface area contributed by atoms with Gasteiger partial charge in [0.2, 0.25) is 5.75 Å². The van der Waals surface area contributed by atoms with Crippen molar-refractivity contribution >= 4 is 11.6 Å². The van der Waals surface area contributed by atoms with Crippen LogP contribution in [0.4, 0.5) is 10.1 Å². The first-order valence-electron chi connectivity index (χ1n) is 9.09. The summed E-state index contributed by atoms with van der Waals surface area (Å²) in [4.78, 5) is 27.0. The first-order valence-corrected chi connectivity index (χ1v) is 9.09. The van der Waals surface area contributed by atoms with Gasteiger partial charge < -0.3 is 9.64 Å². The van der Waals surface area contributed by atoms with Crippen molar-refractivity contribution in [2.75, 3.05) is 26.2 Å². The first-order chi connectivity index (χ1) is 13.4. The highest BCUT2D eigenvalue weighted by Crippen LogP contribution is 2.28. The molecule has 0 N–H and O–H groups in total. The van der Waals surface area contributed by atoms with Crippen molar-refractivity contribution in [1.29, 1.82) is 0 Å². The van der Waals surface area contributed by atoms with E-state index in [-0.39, 0.29) is 17.3 Å². The van der Waals surface area contributed by atoms with Crippen LogP contribution in [0.1, 0.15) is 12.5 Å². The number of hydrogen-bond donors (Lipinski definition) is 0. The quantitative estimate of drug-likeness (QED) is 0.563. The van der Waals surface area contributed by atoms with E-state index in [4.69, 9.17) is 4.74 Å². The Labute approximate surface area is 162 Å². The third-order valence-corrected chi connectivity index (χ3v) is 4.70. The fraction of sp³-hybridized carbons (Fsp3) is 0.350. The van der Waals surface area contributed by atoms with Crippen LogP contribution in [-0.2, 0) is 11.3 Å². The maximum atomic E-state index is 13.4. The summed E-state index contributed by atoms with van der Waals surface area (Å²) in [5, 5.41) is 11.1. The fourth-order valence-corrected chi connectivity index (χ4v) is 3.20. The van der Waals surface area contributed by atoms with Crippen LogP contribution in [0.3, 0.4) is 0 Å². The van der Waals surface area contributed by atoms with Crippen LogP contribution < -0.4 is 4.74 Å². The number of halogens is 1. The van der Waals surface area contributed by atoms with Gasteiger partial charge in [-0.3, -0.25) is 19.8 Å². The van der Waals surface area contributed by atoms with E-state index in [1.807, 2.05) is 18.2 Å². The van der Waals surface area contributed by atoms with Crippen LogP contribution in [-0.4, -0.2) is 52.9 Å². The molecule has 2 aromatic rings. The van der Waals surface area contributed by atoms with E-state index in [2.05, 4.69) is 17.0 Å². The highest BCUT2D eigenvalue weighted by Gasteiger charge is 2.28. The van der Waals surface area contributed by atoms with E-state index in [0.29, 0.717) is 13.1 Å². The highest BCUT2D eigenvalue weighted by molar-refractivity contribution is 5.81.